The molecule has 2 saturated heterocycles. The maximum atomic E-state index is 4.24. The molecule has 2 heteroatoms. The molecule has 0 spiro atoms. The van der Waals surface area contributed by atoms with E-state index in [2.05, 4.69) is 46.2 Å². The van der Waals surface area contributed by atoms with Crippen molar-refractivity contribution < 1.29 is 0 Å². The minimum atomic E-state index is 0.346. The Kier molecular flexibility index (Phi) is 2.06. The average Bonchev–Trinajstić information content (AvgIpc) is 2.59. The molecule has 2 aliphatic rings. The van der Waals surface area contributed by atoms with Crippen LogP contribution in [0.5, 0.6) is 0 Å². The van der Waals surface area contributed by atoms with Crippen LogP contribution in [0.25, 0.3) is 0 Å². The van der Waals surface area contributed by atoms with Gasteiger partial charge in [0.1, 0.15) is 7.85 Å². The lowest BCUT2D eigenvalue weighted by Gasteiger charge is -2.32. The Labute approximate surface area is 88.3 Å². The number of hydrogen-bond donors (Lipinski definition) is 0. The van der Waals surface area contributed by atoms with E-state index in [4.69, 9.17) is 0 Å². The first-order valence-electron chi connectivity index (χ1n) is 5.61. The van der Waals surface area contributed by atoms with E-state index in [1.165, 1.54) is 12.1 Å². The third-order valence-corrected chi connectivity index (χ3v) is 4.57. The molecule has 3 unspecified atom stereocenters. The molecule has 0 bridgehead atoms. The van der Waals surface area contributed by atoms with Crippen LogP contribution in [0, 0.1) is 11.8 Å². The summed E-state index contributed by atoms with van der Waals surface area (Å²) in [5.41, 5.74) is 3.27. The minimum Gasteiger partial charge on any atom is -0.373 e. The summed E-state index contributed by atoms with van der Waals surface area (Å²) in [6.07, 6.45) is 3.50. The van der Waals surface area contributed by atoms with Gasteiger partial charge in [0.2, 0.25) is 0 Å². The number of hydrogen-bond acceptors (Lipinski definition) is 1. The molecular weight excluding hydrogens is 169 g/mol. The Hall–Kier alpha value is -0.655. The van der Waals surface area contributed by atoms with E-state index in [0.717, 1.165) is 12.5 Å². The zero-order valence-electron chi connectivity index (χ0n) is 9.80. The van der Waals surface area contributed by atoms with Crippen LogP contribution in [0.15, 0.2) is 23.9 Å². The van der Waals surface area contributed by atoms with Gasteiger partial charge in [0.05, 0.1) is 0 Å². The smallest absolute Gasteiger partial charge is 0.135 e. The van der Waals surface area contributed by atoms with Crippen molar-refractivity contribution in [2.75, 3.05) is 6.54 Å². The number of nitrogens with zero attached hydrogens (tertiary/aromatic N) is 1. The monoisotopic (exact) mass is 189 g/mol. The highest BCUT2D eigenvalue weighted by atomic mass is 15.3. The SMILES string of the molecule is BC12C/C(=C/C)CN1C(=C)C(C)C2C. The van der Waals surface area contributed by atoms with Crippen molar-refractivity contribution in [3.63, 3.8) is 0 Å². The lowest BCUT2D eigenvalue weighted by Crippen LogP contribution is -2.42. The zero-order valence-corrected chi connectivity index (χ0v) is 9.80. The number of allylic oxidation sites excluding steroid dienone is 2. The molecule has 0 aromatic heterocycles. The van der Waals surface area contributed by atoms with Crippen molar-refractivity contribution in [1.82, 2.24) is 4.90 Å². The molecule has 0 aromatic rings. The molecule has 14 heavy (non-hydrogen) atoms. The Bertz CT molecular complexity index is 307. The van der Waals surface area contributed by atoms with Crippen LogP contribution in [0.2, 0.25) is 0 Å². The van der Waals surface area contributed by atoms with Gasteiger partial charge in [0.25, 0.3) is 0 Å². The second-order valence-electron chi connectivity index (χ2n) is 5.14. The summed E-state index contributed by atoms with van der Waals surface area (Å²) in [6.45, 7) is 12.2. The standard InChI is InChI=1S/C12H20BN/c1-5-11-6-12(13)9(3)8(2)10(4)14(12)7-11/h5,8-9H,4,6-7,13H2,1-3H3/b11-5-. The molecule has 0 amide bonds. The lowest BCUT2D eigenvalue weighted by atomic mass is 9.66. The summed E-state index contributed by atoms with van der Waals surface area (Å²) in [5.74, 6) is 1.38. The highest BCUT2D eigenvalue weighted by Crippen LogP contribution is 2.49. The van der Waals surface area contributed by atoms with E-state index in [-0.39, 0.29) is 0 Å². The molecule has 2 aliphatic heterocycles. The van der Waals surface area contributed by atoms with Gasteiger partial charge in [-0.2, -0.15) is 0 Å². The molecule has 76 valence electrons. The van der Waals surface area contributed by atoms with Gasteiger partial charge < -0.3 is 4.90 Å². The molecule has 0 saturated carbocycles. The van der Waals surface area contributed by atoms with Gasteiger partial charge in [0, 0.05) is 17.7 Å². The molecule has 2 fully saturated rings. The van der Waals surface area contributed by atoms with Crippen molar-refractivity contribution in [2.24, 2.45) is 11.8 Å². The van der Waals surface area contributed by atoms with Crippen LogP contribution >= 0.6 is 0 Å². The zero-order chi connectivity index (χ0) is 10.5. The van der Waals surface area contributed by atoms with Gasteiger partial charge in [-0.25, -0.2) is 0 Å². The Balaban J connectivity index is 2.36. The van der Waals surface area contributed by atoms with Crippen molar-refractivity contribution in [1.29, 1.82) is 0 Å². The predicted molar refractivity (Wildman–Crippen MR) is 63.8 cm³/mol. The molecule has 3 atom stereocenters. The van der Waals surface area contributed by atoms with E-state index < -0.39 is 0 Å². The van der Waals surface area contributed by atoms with Gasteiger partial charge >= 0.3 is 0 Å². The first kappa shape index (κ1) is 9.88. The van der Waals surface area contributed by atoms with Crippen LogP contribution in [-0.2, 0) is 0 Å². The first-order chi connectivity index (χ1) is 6.50. The van der Waals surface area contributed by atoms with Crippen molar-refractivity contribution >= 4 is 7.85 Å². The molecule has 2 rings (SSSR count). The minimum absolute atomic E-state index is 0.346. The van der Waals surface area contributed by atoms with E-state index >= 15 is 0 Å². The van der Waals surface area contributed by atoms with Crippen LogP contribution in [0.4, 0.5) is 0 Å². The third kappa shape index (κ3) is 1.03. The maximum absolute atomic E-state index is 4.24. The summed E-state index contributed by atoms with van der Waals surface area (Å²) in [5, 5.41) is 0. The molecule has 0 radical (unpaired) electrons. The van der Waals surface area contributed by atoms with E-state index in [0.29, 0.717) is 11.4 Å². The van der Waals surface area contributed by atoms with Gasteiger partial charge in [0.15, 0.2) is 0 Å². The molecule has 1 nitrogen and oxygen atoms in total. The second kappa shape index (κ2) is 2.92. The van der Waals surface area contributed by atoms with Crippen LogP contribution in [0.1, 0.15) is 27.2 Å². The molecule has 0 aromatic carbocycles. The average molecular weight is 189 g/mol. The fourth-order valence-electron chi connectivity index (χ4n) is 3.10. The summed E-state index contributed by atoms with van der Waals surface area (Å²) in [6, 6.07) is 0. The predicted octanol–water partition coefficient (Wildman–Crippen LogP) is 1.77. The van der Waals surface area contributed by atoms with Crippen molar-refractivity contribution in [3.05, 3.63) is 23.9 Å². The van der Waals surface area contributed by atoms with Gasteiger partial charge in [-0.05, 0) is 25.2 Å². The first-order valence-corrected chi connectivity index (χ1v) is 5.61. The van der Waals surface area contributed by atoms with E-state index in [1.807, 2.05) is 0 Å². The summed E-state index contributed by atoms with van der Waals surface area (Å²) in [4.78, 5) is 2.53. The second-order valence-corrected chi connectivity index (χ2v) is 5.14. The molecule has 2 heterocycles. The van der Waals surface area contributed by atoms with Crippen LogP contribution in [-0.4, -0.2) is 24.7 Å². The fraction of sp³-hybridized carbons (Fsp3) is 0.667. The summed E-state index contributed by atoms with van der Waals surface area (Å²) < 4.78 is 0. The maximum Gasteiger partial charge on any atom is 0.135 e. The van der Waals surface area contributed by atoms with E-state index in [1.54, 1.807) is 5.57 Å². The fourth-order valence-corrected chi connectivity index (χ4v) is 3.10. The van der Waals surface area contributed by atoms with Crippen molar-refractivity contribution in [3.8, 4) is 0 Å². The van der Waals surface area contributed by atoms with Gasteiger partial charge in [-0.1, -0.05) is 32.1 Å². The number of fused-ring (bicyclic) bond motifs is 1. The Morgan fingerprint density at radius 1 is 1.57 bits per heavy atom. The Morgan fingerprint density at radius 3 is 2.71 bits per heavy atom. The summed E-state index contributed by atoms with van der Waals surface area (Å²) >= 11 is 0. The van der Waals surface area contributed by atoms with Crippen LogP contribution in [0.3, 0.4) is 0 Å². The Morgan fingerprint density at radius 2 is 2.21 bits per heavy atom. The van der Waals surface area contributed by atoms with E-state index in [9.17, 15) is 0 Å². The lowest BCUT2D eigenvalue weighted by molar-refractivity contribution is 0.272. The highest BCUT2D eigenvalue weighted by Gasteiger charge is 2.51. The topological polar surface area (TPSA) is 3.24 Å². The van der Waals surface area contributed by atoms with Gasteiger partial charge in [-0.3, -0.25) is 0 Å². The largest absolute Gasteiger partial charge is 0.373 e. The van der Waals surface area contributed by atoms with Crippen molar-refractivity contribution in [2.45, 2.75) is 32.6 Å². The van der Waals surface area contributed by atoms with Crippen LogP contribution < -0.4 is 0 Å². The van der Waals surface area contributed by atoms with Gasteiger partial charge in [-0.15, -0.1) is 0 Å². The quantitative estimate of drug-likeness (QED) is 0.414. The molecule has 0 aliphatic carbocycles. The highest BCUT2D eigenvalue weighted by molar-refractivity contribution is 6.16. The third-order valence-electron chi connectivity index (χ3n) is 4.57. The number of rotatable bonds is 0. The molecular formula is C12H20BN. The molecule has 0 N–H and O–H groups in total. The normalized spacial score (nSPS) is 44.9. The summed E-state index contributed by atoms with van der Waals surface area (Å²) in [7, 11) is 2.39.